The molecule has 0 aliphatic heterocycles. The molecule has 0 unspecified atom stereocenters. The molecule has 0 spiro atoms. The number of sulfonamides is 1. The zero-order valence-electron chi connectivity index (χ0n) is 16.3. The Morgan fingerprint density at radius 2 is 1.79 bits per heavy atom. The van der Waals surface area contributed by atoms with Gasteiger partial charge in [0, 0.05) is 11.6 Å². The fourth-order valence-corrected chi connectivity index (χ4v) is 6.09. The Hall–Kier alpha value is -2.60. The molecule has 2 aromatic carbocycles. The molecule has 5 nitrogen and oxygen atoms in total. The molecule has 1 N–H and O–H groups in total. The van der Waals surface area contributed by atoms with E-state index in [0.29, 0.717) is 17.2 Å². The van der Waals surface area contributed by atoms with Gasteiger partial charge in [0.15, 0.2) is 0 Å². The molecule has 3 atom stereocenters. The zero-order valence-corrected chi connectivity index (χ0v) is 17.1. The average Bonchev–Trinajstić information content (AvgIpc) is 3.36. The van der Waals surface area contributed by atoms with E-state index < -0.39 is 10.0 Å². The molecule has 2 saturated carbocycles. The molecule has 6 heteroatoms. The fraction of sp³-hybridized carbons (Fsp3) is 0.348. The quantitative estimate of drug-likeness (QED) is 0.702. The molecule has 29 heavy (non-hydrogen) atoms. The lowest BCUT2D eigenvalue weighted by molar-refractivity contribution is 0.0923. The molecule has 0 saturated heterocycles. The number of hydrogen-bond acceptors (Lipinski definition) is 3. The number of rotatable bonds is 7. The summed E-state index contributed by atoms with van der Waals surface area (Å²) in [5.74, 6) is 1.29. The van der Waals surface area contributed by atoms with Crippen molar-refractivity contribution in [1.82, 2.24) is 5.32 Å². The van der Waals surface area contributed by atoms with E-state index in [9.17, 15) is 13.2 Å². The minimum absolute atomic E-state index is 0.0877. The molecule has 0 aromatic heterocycles. The molecule has 1 amide bonds. The van der Waals surface area contributed by atoms with Crippen LogP contribution in [0.5, 0.6) is 0 Å². The summed E-state index contributed by atoms with van der Waals surface area (Å²) in [5, 5.41) is 3.17. The Balaban J connectivity index is 1.52. The van der Waals surface area contributed by atoms with Crippen LogP contribution in [0.2, 0.25) is 0 Å². The summed E-state index contributed by atoms with van der Waals surface area (Å²) in [6.45, 7) is 3.83. The Morgan fingerprint density at radius 3 is 2.38 bits per heavy atom. The number of nitrogens with one attached hydrogen (secondary N) is 1. The van der Waals surface area contributed by atoms with Crippen LogP contribution in [-0.4, -0.2) is 26.9 Å². The lowest BCUT2D eigenvalue weighted by atomic mass is 9.95. The van der Waals surface area contributed by atoms with E-state index in [4.69, 9.17) is 0 Å². The maximum absolute atomic E-state index is 13.0. The van der Waals surface area contributed by atoms with Crippen molar-refractivity contribution >= 4 is 21.6 Å². The number of carbonyl (C=O) groups excluding carboxylic acids is 1. The minimum atomic E-state index is -3.71. The molecule has 152 valence electrons. The highest BCUT2D eigenvalue weighted by Gasteiger charge is 2.40. The Kier molecular flexibility index (Phi) is 5.46. The molecule has 2 bridgehead atoms. The van der Waals surface area contributed by atoms with Crippen molar-refractivity contribution in [2.24, 2.45) is 11.8 Å². The van der Waals surface area contributed by atoms with Gasteiger partial charge in [-0.15, -0.1) is 6.58 Å². The maximum Gasteiger partial charge on any atom is 0.264 e. The standard InChI is InChI=1S/C23H26N2O3S/c1-2-14-25(29(27,28)21-6-4-3-5-7-21)20-12-10-18(11-13-20)23(26)24-22-16-17-8-9-19(22)15-17/h2-7,10-13,17,19,22H,1,8-9,14-16H2,(H,24,26)/t17-,19-,22-/m1/s1. The highest BCUT2D eigenvalue weighted by Crippen LogP contribution is 2.44. The smallest absolute Gasteiger partial charge is 0.264 e. The van der Waals surface area contributed by atoms with Crippen LogP contribution in [0.15, 0.2) is 72.1 Å². The van der Waals surface area contributed by atoms with Crippen molar-refractivity contribution in [2.45, 2.75) is 36.6 Å². The monoisotopic (exact) mass is 410 g/mol. The number of carbonyl (C=O) groups is 1. The highest BCUT2D eigenvalue weighted by molar-refractivity contribution is 7.92. The van der Waals surface area contributed by atoms with Crippen LogP contribution in [0.3, 0.4) is 0 Å². The average molecular weight is 411 g/mol. The summed E-state index contributed by atoms with van der Waals surface area (Å²) in [4.78, 5) is 12.9. The van der Waals surface area contributed by atoms with Crippen LogP contribution in [0.4, 0.5) is 5.69 Å². The second-order valence-corrected chi connectivity index (χ2v) is 9.80. The molecular formula is C23H26N2O3S. The lowest BCUT2D eigenvalue weighted by Crippen LogP contribution is -2.38. The Morgan fingerprint density at radius 1 is 1.07 bits per heavy atom. The predicted molar refractivity (Wildman–Crippen MR) is 114 cm³/mol. The van der Waals surface area contributed by atoms with E-state index in [1.807, 2.05) is 0 Å². The Bertz CT molecular complexity index is 987. The number of amides is 1. The van der Waals surface area contributed by atoms with Gasteiger partial charge in [-0.3, -0.25) is 9.10 Å². The number of benzene rings is 2. The maximum atomic E-state index is 13.0. The molecule has 0 heterocycles. The summed E-state index contributed by atoms with van der Waals surface area (Å²) in [6.07, 6.45) is 6.37. The summed E-state index contributed by atoms with van der Waals surface area (Å²) < 4.78 is 27.4. The van der Waals surface area contributed by atoms with Gasteiger partial charge in [-0.05, 0) is 67.5 Å². The van der Waals surface area contributed by atoms with Crippen molar-refractivity contribution in [3.8, 4) is 0 Å². The van der Waals surface area contributed by atoms with Gasteiger partial charge in [0.2, 0.25) is 0 Å². The van der Waals surface area contributed by atoms with Crippen molar-refractivity contribution < 1.29 is 13.2 Å². The van der Waals surface area contributed by atoms with E-state index in [1.165, 1.54) is 23.6 Å². The van der Waals surface area contributed by atoms with Crippen LogP contribution in [0.25, 0.3) is 0 Å². The third-order valence-electron chi connectivity index (χ3n) is 6.10. The van der Waals surface area contributed by atoms with Crippen LogP contribution < -0.4 is 9.62 Å². The first-order valence-electron chi connectivity index (χ1n) is 10.1. The molecule has 2 fully saturated rings. The van der Waals surface area contributed by atoms with E-state index in [1.54, 1.807) is 60.7 Å². The van der Waals surface area contributed by atoms with Gasteiger partial charge in [-0.1, -0.05) is 30.7 Å². The largest absolute Gasteiger partial charge is 0.349 e. The van der Waals surface area contributed by atoms with Crippen LogP contribution in [0, 0.1) is 11.8 Å². The van der Waals surface area contributed by atoms with E-state index in [-0.39, 0.29) is 23.4 Å². The zero-order chi connectivity index (χ0) is 20.4. The molecule has 2 aromatic rings. The van der Waals surface area contributed by atoms with E-state index in [2.05, 4.69) is 11.9 Å². The lowest BCUT2D eigenvalue weighted by Gasteiger charge is -2.24. The van der Waals surface area contributed by atoms with Gasteiger partial charge in [0.25, 0.3) is 15.9 Å². The normalized spacial score (nSPS) is 23.0. The molecule has 2 aliphatic rings. The van der Waals surface area contributed by atoms with Crippen molar-refractivity contribution in [3.63, 3.8) is 0 Å². The van der Waals surface area contributed by atoms with Gasteiger partial charge in [0.05, 0.1) is 17.1 Å². The van der Waals surface area contributed by atoms with Crippen molar-refractivity contribution in [3.05, 3.63) is 72.8 Å². The minimum Gasteiger partial charge on any atom is -0.349 e. The summed E-state index contributed by atoms with van der Waals surface area (Å²) in [6, 6.07) is 15.3. The van der Waals surface area contributed by atoms with Gasteiger partial charge >= 0.3 is 0 Å². The molecule has 2 aliphatic carbocycles. The number of nitrogens with zero attached hydrogens (tertiary/aromatic N) is 1. The van der Waals surface area contributed by atoms with Crippen molar-refractivity contribution in [1.29, 1.82) is 0 Å². The third-order valence-corrected chi connectivity index (χ3v) is 7.91. The van der Waals surface area contributed by atoms with Gasteiger partial charge in [-0.25, -0.2) is 8.42 Å². The second kappa shape index (κ2) is 8.03. The third kappa shape index (κ3) is 3.94. The summed E-state index contributed by atoms with van der Waals surface area (Å²) in [5.41, 5.74) is 1.05. The second-order valence-electron chi connectivity index (χ2n) is 7.94. The van der Waals surface area contributed by atoms with E-state index >= 15 is 0 Å². The summed E-state index contributed by atoms with van der Waals surface area (Å²) in [7, 11) is -3.71. The number of anilines is 1. The molecule has 4 rings (SSSR count). The first kappa shape index (κ1) is 19.7. The van der Waals surface area contributed by atoms with Gasteiger partial charge in [0.1, 0.15) is 0 Å². The predicted octanol–water partition coefficient (Wildman–Crippen LogP) is 3.99. The topological polar surface area (TPSA) is 66.5 Å². The van der Waals surface area contributed by atoms with Crippen LogP contribution >= 0.6 is 0 Å². The SMILES string of the molecule is C=CCN(c1ccc(C(=O)N[C@@H]2C[C@@H]3CC[C@@H]2C3)cc1)S(=O)(=O)c1ccccc1. The molecule has 0 radical (unpaired) electrons. The van der Waals surface area contributed by atoms with Gasteiger partial charge < -0.3 is 5.32 Å². The van der Waals surface area contributed by atoms with E-state index in [0.717, 1.165) is 12.3 Å². The fourth-order valence-electron chi connectivity index (χ4n) is 4.63. The highest BCUT2D eigenvalue weighted by atomic mass is 32.2. The first-order valence-corrected chi connectivity index (χ1v) is 11.5. The van der Waals surface area contributed by atoms with Crippen LogP contribution in [0.1, 0.15) is 36.0 Å². The molecular weight excluding hydrogens is 384 g/mol. The number of fused-ring (bicyclic) bond motifs is 2. The van der Waals surface area contributed by atoms with Crippen molar-refractivity contribution in [2.75, 3.05) is 10.8 Å². The van der Waals surface area contributed by atoms with Crippen LogP contribution in [-0.2, 0) is 10.0 Å². The Labute approximate surface area is 172 Å². The number of hydrogen-bond donors (Lipinski definition) is 1. The van der Waals surface area contributed by atoms with Gasteiger partial charge in [-0.2, -0.15) is 0 Å². The summed E-state index contributed by atoms with van der Waals surface area (Å²) >= 11 is 0. The first-order chi connectivity index (χ1) is 14.0.